The van der Waals surface area contributed by atoms with E-state index in [0.29, 0.717) is 25.0 Å². The highest BCUT2D eigenvalue weighted by Gasteiger charge is 2.44. The number of carbonyl (C=O) groups is 1. The molecule has 5 nitrogen and oxygen atoms in total. The van der Waals surface area contributed by atoms with Crippen LogP contribution in [0.3, 0.4) is 0 Å². The number of ether oxygens (including phenoxy) is 1. The highest BCUT2D eigenvalue weighted by Crippen LogP contribution is 2.37. The average molecular weight is 329 g/mol. The fourth-order valence-corrected chi connectivity index (χ4v) is 4.56. The summed E-state index contributed by atoms with van der Waals surface area (Å²) in [5.41, 5.74) is 0.891. The number of pyridine rings is 1. The van der Waals surface area contributed by atoms with Crippen molar-refractivity contribution < 1.29 is 9.53 Å². The van der Waals surface area contributed by atoms with Crippen molar-refractivity contribution in [2.75, 3.05) is 13.1 Å². The Morgan fingerprint density at radius 2 is 2.17 bits per heavy atom. The molecule has 3 atom stereocenters. The first-order valence-corrected chi connectivity index (χ1v) is 9.34. The standard InChI is InChI=1S/C19H27N3O2/c23-19(21-11-15-5-3-4-8-20-15)10-17-9-14-12-22(13-18(14)24-17)16-6-1-2-7-16/h3-5,8,14,16-18H,1-2,6-7,9-13H2,(H,21,23)/t14-,17+,18+/m1/s1. The molecule has 1 aliphatic carbocycles. The fourth-order valence-electron chi connectivity index (χ4n) is 4.56. The molecular weight excluding hydrogens is 302 g/mol. The van der Waals surface area contributed by atoms with E-state index in [0.717, 1.165) is 24.7 Å². The summed E-state index contributed by atoms with van der Waals surface area (Å²) in [6, 6.07) is 6.53. The van der Waals surface area contributed by atoms with Crippen molar-refractivity contribution in [1.82, 2.24) is 15.2 Å². The van der Waals surface area contributed by atoms with E-state index in [2.05, 4.69) is 15.2 Å². The molecule has 24 heavy (non-hydrogen) atoms. The molecule has 5 heteroatoms. The van der Waals surface area contributed by atoms with Gasteiger partial charge in [-0.15, -0.1) is 0 Å². The highest BCUT2D eigenvalue weighted by atomic mass is 16.5. The first-order chi connectivity index (χ1) is 11.8. The van der Waals surface area contributed by atoms with Crippen molar-refractivity contribution in [1.29, 1.82) is 0 Å². The van der Waals surface area contributed by atoms with Crippen molar-refractivity contribution in [3.05, 3.63) is 30.1 Å². The Bertz CT molecular complexity index is 545. The third-order valence-corrected chi connectivity index (χ3v) is 5.79. The fraction of sp³-hybridized carbons (Fsp3) is 0.684. The Labute approximate surface area is 143 Å². The lowest BCUT2D eigenvalue weighted by atomic mass is 10.0. The van der Waals surface area contributed by atoms with Crippen LogP contribution in [0.5, 0.6) is 0 Å². The summed E-state index contributed by atoms with van der Waals surface area (Å²) in [7, 11) is 0. The number of likely N-dealkylation sites (tertiary alicyclic amines) is 1. The molecule has 1 amide bonds. The molecule has 1 aromatic rings. The van der Waals surface area contributed by atoms with E-state index in [9.17, 15) is 4.79 Å². The van der Waals surface area contributed by atoms with Crippen LogP contribution in [0.25, 0.3) is 0 Å². The van der Waals surface area contributed by atoms with Gasteiger partial charge in [0.15, 0.2) is 0 Å². The highest BCUT2D eigenvalue weighted by molar-refractivity contribution is 5.76. The number of fused-ring (bicyclic) bond motifs is 1. The number of nitrogens with one attached hydrogen (secondary N) is 1. The molecule has 0 bridgehead atoms. The summed E-state index contributed by atoms with van der Waals surface area (Å²) < 4.78 is 6.18. The van der Waals surface area contributed by atoms with Crippen LogP contribution in [0.1, 0.15) is 44.2 Å². The summed E-state index contributed by atoms with van der Waals surface area (Å²) >= 11 is 0. The zero-order chi connectivity index (χ0) is 16.4. The van der Waals surface area contributed by atoms with E-state index < -0.39 is 0 Å². The van der Waals surface area contributed by atoms with Crippen LogP contribution in [-0.2, 0) is 16.1 Å². The summed E-state index contributed by atoms with van der Waals surface area (Å²) in [5.74, 6) is 0.692. The number of rotatable bonds is 5. The second kappa shape index (κ2) is 7.19. The molecule has 2 saturated heterocycles. The summed E-state index contributed by atoms with van der Waals surface area (Å²) in [6.07, 6.45) is 9.19. The predicted molar refractivity (Wildman–Crippen MR) is 91.3 cm³/mol. The third kappa shape index (κ3) is 3.62. The Morgan fingerprint density at radius 3 is 2.92 bits per heavy atom. The quantitative estimate of drug-likeness (QED) is 0.899. The van der Waals surface area contributed by atoms with Gasteiger partial charge in [0.2, 0.25) is 5.91 Å². The van der Waals surface area contributed by atoms with Crippen LogP contribution < -0.4 is 5.32 Å². The molecule has 1 aromatic heterocycles. The lowest BCUT2D eigenvalue weighted by Crippen LogP contribution is -2.34. The Kier molecular flexibility index (Phi) is 4.81. The number of hydrogen-bond donors (Lipinski definition) is 1. The lowest BCUT2D eigenvalue weighted by molar-refractivity contribution is -0.124. The van der Waals surface area contributed by atoms with E-state index in [1.54, 1.807) is 6.20 Å². The Balaban J connectivity index is 1.20. The maximum absolute atomic E-state index is 12.1. The minimum absolute atomic E-state index is 0.0678. The van der Waals surface area contributed by atoms with Gasteiger partial charge in [-0.1, -0.05) is 18.9 Å². The monoisotopic (exact) mass is 329 g/mol. The first kappa shape index (κ1) is 16.0. The minimum atomic E-state index is 0.0678. The van der Waals surface area contributed by atoms with Gasteiger partial charge in [0.1, 0.15) is 0 Å². The largest absolute Gasteiger partial charge is 0.373 e. The van der Waals surface area contributed by atoms with E-state index in [1.807, 2.05) is 18.2 Å². The summed E-state index contributed by atoms with van der Waals surface area (Å²) in [5, 5.41) is 2.95. The van der Waals surface area contributed by atoms with Crippen LogP contribution in [-0.4, -0.2) is 47.1 Å². The van der Waals surface area contributed by atoms with Gasteiger partial charge in [-0.2, -0.15) is 0 Å². The maximum Gasteiger partial charge on any atom is 0.222 e. The molecule has 3 fully saturated rings. The summed E-state index contributed by atoms with van der Waals surface area (Å²) in [6.45, 7) is 2.73. The van der Waals surface area contributed by atoms with Gasteiger partial charge in [0.05, 0.1) is 30.9 Å². The van der Waals surface area contributed by atoms with E-state index in [4.69, 9.17) is 4.74 Å². The van der Waals surface area contributed by atoms with Crippen LogP contribution in [0.4, 0.5) is 0 Å². The van der Waals surface area contributed by atoms with Gasteiger partial charge in [-0.25, -0.2) is 0 Å². The molecule has 3 heterocycles. The summed E-state index contributed by atoms with van der Waals surface area (Å²) in [4.78, 5) is 19.0. The van der Waals surface area contributed by atoms with Crippen LogP contribution in [0.15, 0.2) is 24.4 Å². The van der Waals surface area contributed by atoms with Crippen molar-refractivity contribution in [3.63, 3.8) is 0 Å². The van der Waals surface area contributed by atoms with E-state index >= 15 is 0 Å². The molecule has 2 aliphatic heterocycles. The minimum Gasteiger partial charge on any atom is -0.373 e. The normalized spacial score (nSPS) is 30.6. The first-order valence-electron chi connectivity index (χ1n) is 9.34. The van der Waals surface area contributed by atoms with Gasteiger partial charge in [-0.05, 0) is 31.4 Å². The third-order valence-electron chi connectivity index (χ3n) is 5.79. The van der Waals surface area contributed by atoms with Gasteiger partial charge in [-0.3, -0.25) is 14.7 Å². The van der Waals surface area contributed by atoms with Gasteiger partial charge < -0.3 is 10.1 Å². The molecule has 0 aromatic carbocycles. The predicted octanol–water partition coefficient (Wildman–Crippen LogP) is 2.12. The number of aromatic nitrogens is 1. The lowest BCUT2D eigenvalue weighted by Gasteiger charge is -2.25. The molecule has 1 N–H and O–H groups in total. The van der Waals surface area contributed by atoms with Gasteiger partial charge in [0.25, 0.3) is 0 Å². The number of hydrogen-bond acceptors (Lipinski definition) is 4. The molecule has 0 spiro atoms. The smallest absolute Gasteiger partial charge is 0.222 e. The zero-order valence-electron chi connectivity index (χ0n) is 14.2. The van der Waals surface area contributed by atoms with Crippen LogP contribution >= 0.6 is 0 Å². The molecule has 130 valence electrons. The van der Waals surface area contributed by atoms with Crippen molar-refractivity contribution in [3.8, 4) is 0 Å². The number of carbonyl (C=O) groups excluding carboxylic acids is 1. The van der Waals surface area contributed by atoms with Crippen molar-refractivity contribution >= 4 is 5.91 Å². The Morgan fingerprint density at radius 1 is 1.29 bits per heavy atom. The molecule has 4 rings (SSSR count). The Hall–Kier alpha value is -1.46. The van der Waals surface area contributed by atoms with Crippen LogP contribution in [0, 0.1) is 5.92 Å². The van der Waals surface area contributed by atoms with Crippen molar-refractivity contribution in [2.24, 2.45) is 5.92 Å². The SMILES string of the molecule is O=C(C[C@@H]1C[C@@H]2CN(C3CCCC3)C[C@@H]2O1)NCc1ccccn1. The number of nitrogens with zero attached hydrogens (tertiary/aromatic N) is 2. The second-order valence-corrected chi connectivity index (χ2v) is 7.49. The van der Waals surface area contributed by atoms with Gasteiger partial charge >= 0.3 is 0 Å². The van der Waals surface area contributed by atoms with Gasteiger partial charge in [0, 0.05) is 31.2 Å². The topological polar surface area (TPSA) is 54.5 Å². The molecule has 3 aliphatic rings. The van der Waals surface area contributed by atoms with Crippen molar-refractivity contribution in [2.45, 2.75) is 63.3 Å². The molecule has 1 saturated carbocycles. The maximum atomic E-state index is 12.1. The average Bonchev–Trinajstić information content (AvgIpc) is 3.29. The number of amides is 1. The van der Waals surface area contributed by atoms with E-state index in [-0.39, 0.29) is 12.0 Å². The van der Waals surface area contributed by atoms with E-state index in [1.165, 1.54) is 32.2 Å². The molecular formula is C19H27N3O2. The van der Waals surface area contributed by atoms with Crippen LogP contribution in [0.2, 0.25) is 0 Å². The zero-order valence-corrected chi connectivity index (χ0v) is 14.2. The molecule has 0 radical (unpaired) electrons. The molecule has 0 unspecified atom stereocenters. The second-order valence-electron chi connectivity index (χ2n) is 7.49.